The fourth-order valence-corrected chi connectivity index (χ4v) is 6.08. The van der Waals surface area contributed by atoms with Crippen molar-refractivity contribution in [3.8, 4) is 5.69 Å². The van der Waals surface area contributed by atoms with E-state index in [1.807, 2.05) is 30.3 Å². The van der Waals surface area contributed by atoms with Crippen LogP contribution in [0.5, 0.6) is 0 Å². The van der Waals surface area contributed by atoms with Gasteiger partial charge in [-0.05, 0) is 61.4 Å². The molecule has 14 heteroatoms. The van der Waals surface area contributed by atoms with Gasteiger partial charge < -0.3 is 16.0 Å². The fourth-order valence-electron chi connectivity index (χ4n) is 6.08. The summed E-state index contributed by atoms with van der Waals surface area (Å²) in [5, 5.41) is 7.62. The van der Waals surface area contributed by atoms with Crippen molar-refractivity contribution in [2.75, 3.05) is 18.0 Å². The van der Waals surface area contributed by atoms with Crippen LogP contribution in [0.4, 0.5) is 23.4 Å². The molecular formula is C34H32F4N6O4. The average molecular weight is 665 g/mol. The zero-order valence-electron chi connectivity index (χ0n) is 25.8. The molecule has 2 unspecified atom stereocenters. The number of anilines is 1. The van der Waals surface area contributed by atoms with Gasteiger partial charge in [-0.1, -0.05) is 36.4 Å². The van der Waals surface area contributed by atoms with E-state index in [4.69, 9.17) is 9.89 Å². The van der Waals surface area contributed by atoms with Gasteiger partial charge in [0, 0.05) is 36.6 Å². The van der Waals surface area contributed by atoms with Gasteiger partial charge in [-0.2, -0.15) is 18.3 Å². The minimum atomic E-state index is -4.67. The molecule has 2 aliphatic rings. The first-order valence-corrected chi connectivity index (χ1v) is 15.1. The number of nitrogens with two attached hydrogens (primary N) is 1. The van der Waals surface area contributed by atoms with Crippen molar-refractivity contribution in [2.24, 2.45) is 5.73 Å². The molecular weight excluding hydrogens is 632 g/mol. The SMILES string of the molecule is CCN1C(=O)C(NC(=O)c2cccc(C(F)(F)F)c2)C(c2ccc(F)cc2)c2c(CN3CCCC3=O)nn(-c3ccccc3)c21.NC=O. The molecule has 0 aliphatic carbocycles. The first-order chi connectivity index (χ1) is 23.0. The van der Waals surface area contributed by atoms with Gasteiger partial charge in [0.05, 0.1) is 23.5 Å². The summed E-state index contributed by atoms with van der Waals surface area (Å²) in [5.41, 5.74) is 5.08. The van der Waals surface area contributed by atoms with Crippen LogP contribution >= 0.6 is 0 Å². The number of benzene rings is 3. The Kier molecular flexibility index (Phi) is 9.92. The molecule has 48 heavy (non-hydrogen) atoms. The number of rotatable bonds is 7. The predicted octanol–water partition coefficient (Wildman–Crippen LogP) is 4.55. The van der Waals surface area contributed by atoms with Crippen LogP contribution < -0.4 is 16.0 Å². The molecule has 6 rings (SSSR count). The Labute approximate surface area is 273 Å². The number of halogens is 4. The number of nitrogens with zero attached hydrogens (tertiary/aromatic N) is 4. The first kappa shape index (κ1) is 33.8. The van der Waals surface area contributed by atoms with Crippen LogP contribution in [0.2, 0.25) is 0 Å². The molecule has 0 radical (unpaired) electrons. The van der Waals surface area contributed by atoms with Crippen molar-refractivity contribution < 1.29 is 36.7 Å². The minimum Gasteiger partial charge on any atom is -0.372 e. The molecule has 0 bridgehead atoms. The van der Waals surface area contributed by atoms with Gasteiger partial charge >= 0.3 is 6.18 Å². The third-order valence-corrected chi connectivity index (χ3v) is 8.20. The summed E-state index contributed by atoms with van der Waals surface area (Å²) >= 11 is 0. The molecule has 3 N–H and O–H groups in total. The lowest BCUT2D eigenvalue weighted by atomic mass is 9.80. The number of aromatic nitrogens is 2. The standard InChI is InChI=1S/C33H29F4N5O3.CH3NO/c1-2-41-31-28(25(19-40-17-7-12-26(40)43)39-42(31)24-10-4-3-5-11-24)27(20-13-15-23(34)16-14-20)29(32(41)45)38-30(44)21-8-6-9-22(18-21)33(35,36)37;2-1-3/h3-6,8-11,13-16,18,27,29H,2,7,12,17,19H2,1H3,(H,38,44);1H,(H2,2,3). The van der Waals surface area contributed by atoms with Gasteiger partial charge in [-0.15, -0.1) is 0 Å². The molecule has 4 aromatic rings. The summed E-state index contributed by atoms with van der Waals surface area (Å²) in [6.07, 6.45) is -3.33. The van der Waals surface area contributed by atoms with Crippen molar-refractivity contribution >= 4 is 29.9 Å². The summed E-state index contributed by atoms with van der Waals surface area (Å²) in [6.45, 7) is 2.61. The fraction of sp³-hybridized carbons (Fsp3) is 0.265. The van der Waals surface area contributed by atoms with Crippen LogP contribution in [0.15, 0.2) is 78.9 Å². The number of alkyl halides is 3. The van der Waals surface area contributed by atoms with Crippen molar-refractivity contribution in [3.05, 3.63) is 113 Å². The summed E-state index contributed by atoms with van der Waals surface area (Å²) in [4.78, 5) is 52.3. The van der Waals surface area contributed by atoms with Crippen molar-refractivity contribution in [1.29, 1.82) is 0 Å². The van der Waals surface area contributed by atoms with E-state index in [0.29, 0.717) is 47.7 Å². The Morgan fingerprint density at radius 2 is 1.73 bits per heavy atom. The lowest BCUT2D eigenvalue weighted by Crippen LogP contribution is -2.55. The highest BCUT2D eigenvalue weighted by Crippen LogP contribution is 2.44. The number of likely N-dealkylation sites (tertiary alicyclic amines) is 1. The van der Waals surface area contributed by atoms with Gasteiger partial charge in [0.2, 0.25) is 12.3 Å². The second-order valence-electron chi connectivity index (χ2n) is 11.1. The molecule has 2 aliphatic heterocycles. The highest BCUT2D eigenvalue weighted by atomic mass is 19.4. The number of amides is 4. The summed E-state index contributed by atoms with van der Waals surface area (Å²) < 4.78 is 56.1. The van der Waals surface area contributed by atoms with Crippen LogP contribution in [-0.2, 0) is 27.1 Å². The number of primary amides is 1. The minimum absolute atomic E-state index is 0.0371. The summed E-state index contributed by atoms with van der Waals surface area (Å²) in [6, 6.07) is 17.3. The van der Waals surface area contributed by atoms with Crippen LogP contribution in [0.25, 0.3) is 5.69 Å². The number of fused-ring (bicyclic) bond motifs is 1. The lowest BCUT2D eigenvalue weighted by Gasteiger charge is -2.38. The maximum absolute atomic E-state index is 14.3. The Morgan fingerprint density at radius 1 is 1.04 bits per heavy atom. The molecule has 3 aromatic carbocycles. The Balaban J connectivity index is 0.00000145. The third-order valence-electron chi connectivity index (χ3n) is 8.20. The average Bonchev–Trinajstić information content (AvgIpc) is 3.65. The Morgan fingerprint density at radius 3 is 2.33 bits per heavy atom. The van der Waals surface area contributed by atoms with Crippen molar-refractivity contribution in [1.82, 2.24) is 20.0 Å². The molecule has 2 atom stereocenters. The molecule has 10 nitrogen and oxygen atoms in total. The lowest BCUT2D eigenvalue weighted by molar-refractivity contribution is -0.137. The first-order valence-electron chi connectivity index (χ1n) is 15.1. The van der Waals surface area contributed by atoms with Crippen molar-refractivity contribution in [3.63, 3.8) is 0 Å². The van der Waals surface area contributed by atoms with E-state index in [0.717, 1.165) is 18.2 Å². The van der Waals surface area contributed by atoms with Crippen LogP contribution in [0.1, 0.15) is 58.4 Å². The number of hydrogen-bond donors (Lipinski definition) is 2. The molecule has 1 fully saturated rings. The van der Waals surface area contributed by atoms with E-state index >= 15 is 0 Å². The maximum atomic E-state index is 14.3. The number of nitrogens with one attached hydrogen (secondary N) is 1. The molecule has 1 saturated heterocycles. The number of carbonyl (C=O) groups excluding carboxylic acids is 4. The van der Waals surface area contributed by atoms with Gasteiger partial charge in [-0.3, -0.25) is 24.1 Å². The molecule has 3 heterocycles. The third kappa shape index (κ3) is 6.77. The monoisotopic (exact) mass is 664 g/mol. The van der Waals surface area contributed by atoms with E-state index < -0.39 is 41.3 Å². The highest BCUT2D eigenvalue weighted by Gasteiger charge is 2.46. The van der Waals surface area contributed by atoms with Crippen LogP contribution in [-0.4, -0.2) is 57.9 Å². The second-order valence-corrected chi connectivity index (χ2v) is 11.1. The van der Waals surface area contributed by atoms with Gasteiger partial charge in [-0.25, -0.2) is 9.07 Å². The van der Waals surface area contributed by atoms with E-state index in [9.17, 15) is 31.9 Å². The Hall–Kier alpha value is -5.53. The molecule has 250 valence electrons. The van der Waals surface area contributed by atoms with Gasteiger partial charge in [0.15, 0.2) is 0 Å². The predicted molar refractivity (Wildman–Crippen MR) is 167 cm³/mol. The van der Waals surface area contributed by atoms with Crippen molar-refractivity contribution in [2.45, 2.75) is 44.4 Å². The summed E-state index contributed by atoms with van der Waals surface area (Å²) in [7, 11) is 0. The summed E-state index contributed by atoms with van der Waals surface area (Å²) in [5.74, 6) is -2.41. The Bertz CT molecular complexity index is 1810. The molecule has 1 aromatic heterocycles. The zero-order valence-corrected chi connectivity index (χ0v) is 25.8. The van der Waals surface area contributed by atoms with Crippen LogP contribution in [0.3, 0.4) is 0 Å². The van der Waals surface area contributed by atoms with E-state index in [1.165, 1.54) is 35.2 Å². The number of likely N-dealkylation sites (N-methyl/N-ethyl adjacent to an activating group) is 1. The number of carbonyl (C=O) groups is 4. The largest absolute Gasteiger partial charge is 0.416 e. The van der Waals surface area contributed by atoms with Gasteiger partial charge in [0.25, 0.3) is 11.8 Å². The molecule has 0 spiro atoms. The number of hydrogen-bond acceptors (Lipinski definition) is 5. The maximum Gasteiger partial charge on any atom is 0.416 e. The molecule has 4 amide bonds. The molecule has 0 saturated carbocycles. The normalized spacial score (nSPS) is 17.4. The van der Waals surface area contributed by atoms with E-state index in [-0.39, 0.29) is 31.0 Å². The van der Waals surface area contributed by atoms with Crippen LogP contribution in [0, 0.1) is 5.82 Å². The smallest absolute Gasteiger partial charge is 0.372 e. The number of para-hydroxylation sites is 1. The topological polar surface area (TPSA) is 131 Å². The highest BCUT2D eigenvalue weighted by molar-refractivity contribution is 6.05. The van der Waals surface area contributed by atoms with E-state index in [2.05, 4.69) is 11.1 Å². The van der Waals surface area contributed by atoms with Gasteiger partial charge in [0.1, 0.15) is 17.7 Å². The quantitative estimate of drug-likeness (QED) is 0.221. The zero-order chi connectivity index (χ0) is 34.6. The second kappa shape index (κ2) is 14.1. The van der Waals surface area contributed by atoms with E-state index in [1.54, 1.807) is 16.5 Å².